The standard InChI is InChI=1S/C18H28FNO/c1-13(16-12-15(19)7-8-17(16)21)20-10-5-6-14(9-11-20)18(2,3)4/h7-8,12-14,21H,5-6,9-11H2,1-4H3. The number of benzene rings is 1. The van der Waals surface area contributed by atoms with E-state index >= 15 is 0 Å². The molecule has 2 unspecified atom stereocenters. The van der Waals surface area contributed by atoms with Gasteiger partial charge in [-0.3, -0.25) is 4.90 Å². The number of nitrogens with zero attached hydrogens (tertiary/aromatic N) is 1. The van der Waals surface area contributed by atoms with E-state index in [0.29, 0.717) is 11.0 Å². The third-order valence-corrected chi connectivity index (χ3v) is 4.97. The fourth-order valence-corrected chi connectivity index (χ4v) is 3.43. The SMILES string of the molecule is CC(c1cc(F)ccc1O)N1CCCC(C(C)(C)C)CC1. The minimum atomic E-state index is -0.281. The summed E-state index contributed by atoms with van der Waals surface area (Å²) in [7, 11) is 0. The lowest BCUT2D eigenvalue weighted by Gasteiger charge is -2.31. The van der Waals surface area contributed by atoms with Crippen LogP contribution < -0.4 is 0 Å². The van der Waals surface area contributed by atoms with E-state index in [1.165, 1.54) is 37.5 Å². The first kappa shape index (κ1) is 16.3. The molecular weight excluding hydrogens is 265 g/mol. The van der Waals surface area contributed by atoms with E-state index in [4.69, 9.17) is 0 Å². The van der Waals surface area contributed by atoms with Crippen LogP contribution in [-0.2, 0) is 0 Å². The summed E-state index contributed by atoms with van der Waals surface area (Å²) in [5.41, 5.74) is 1.05. The van der Waals surface area contributed by atoms with E-state index in [2.05, 4.69) is 32.6 Å². The zero-order chi connectivity index (χ0) is 15.6. The van der Waals surface area contributed by atoms with E-state index in [1.807, 2.05) is 0 Å². The molecule has 0 amide bonds. The van der Waals surface area contributed by atoms with Crippen LogP contribution in [0.1, 0.15) is 58.6 Å². The Balaban J connectivity index is 2.10. The van der Waals surface area contributed by atoms with Crippen LogP contribution in [0, 0.1) is 17.2 Å². The Bertz CT molecular complexity index is 481. The number of hydrogen-bond acceptors (Lipinski definition) is 2. The first-order valence-electron chi connectivity index (χ1n) is 8.01. The number of likely N-dealkylation sites (tertiary alicyclic amines) is 1. The zero-order valence-corrected chi connectivity index (χ0v) is 13.7. The van der Waals surface area contributed by atoms with Gasteiger partial charge in [0.2, 0.25) is 0 Å². The largest absolute Gasteiger partial charge is 0.508 e. The number of rotatable bonds is 2. The second-order valence-corrected chi connectivity index (χ2v) is 7.41. The summed E-state index contributed by atoms with van der Waals surface area (Å²) in [6.07, 6.45) is 3.59. The average Bonchev–Trinajstić information content (AvgIpc) is 2.66. The molecule has 1 aliphatic heterocycles. The van der Waals surface area contributed by atoms with Crippen LogP contribution in [-0.4, -0.2) is 23.1 Å². The molecule has 1 aromatic rings. The summed E-state index contributed by atoms with van der Waals surface area (Å²) in [6, 6.07) is 4.28. The third kappa shape index (κ3) is 3.97. The first-order chi connectivity index (χ1) is 9.79. The normalized spacial score (nSPS) is 22.8. The average molecular weight is 293 g/mol. The fraction of sp³-hybridized carbons (Fsp3) is 0.667. The molecular formula is C18H28FNO. The van der Waals surface area contributed by atoms with Gasteiger partial charge in [-0.25, -0.2) is 4.39 Å². The maximum atomic E-state index is 13.4. The first-order valence-corrected chi connectivity index (χ1v) is 8.01. The molecule has 3 heteroatoms. The lowest BCUT2D eigenvalue weighted by atomic mass is 9.77. The highest BCUT2D eigenvalue weighted by Crippen LogP contribution is 2.37. The van der Waals surface area contributed by atoms with Crippen LogP contribution in [0.5, 0.6) is 5.75 Å². The maximum absolute atomic E-state index is 13.4. The van der Waals surface area contributed by atoms with Gasteiger partial charge in [0, 0.05) is 11.6 Å². The molecule has 1 aliphatic rings. The molecule has 1 saturated heterocycles. The molecule has 0 bridgehead atoms. The van der Waals surface area contributed by atoms with Crippen molar-refractivity contribution >= 4 is 0 Å². The number of phenols is 1. The van der Waals surface area contributed by atoms with Gasteiger partial charge in [-0.1, -0.05) is 20.8 Å². The molecule has 0 aromatic heterocycles. The Hall–Kier alpha value is -1.09. The van der Waals surface area contributed by atoms with Gasteiger partial charge in [0.1, 0.15) is 11.6 Å². The van der Waals surface area contributed by atoms with E-state index in [9.17, 15) is 9.50 Å². The quantitative estimate of drug-likeness (QED) is 0.851. The highest BCUT2D eigenvalue weighted by atomic mass is 19.1. The highest BCUT2D eigenvalue weighted by molar-refractivity contribution is 5.35. The van der Waals surface area contributed by atoms with Gasteiger partial charge in [0.15, 0.2) is 0 Å². The molecule has 2 nitrogen and oxygen atoms in total. The molecule has 1 heterocycles. The molecule has 0 saturated carbocycles. The fourth-order valence-electron chi connectivity index (χ4n) is 3.43. The molecule has 2 atom stereocenters. The number of hydrogen-bond donors (Lipinski definition) is 1. The van der Waals surface area contributed by atoms with Gasteiger partial charge in [-0.05, 0) is 68.8 Å². The topological polar surface area (TPSA) is 23.5 Å². The van der Waals surface area contributed by atoms with Crippen LogP contribution in [0.3, 0.4) is 0 Å². The van der Waals surface area contributed by atoms with Crippen molar-refractivity contribution in [3.05, 3.63) is 29.6 Å². The summed E-state index contributed by atoms with van der Waals surface area (Å²) in [6.45, 7) is 11.0. The Morgan fingerprint density at radius 2 is 1.95 bits per heavy atom. The van der Waals surface area contributed by atoms with Crippen molar-refractivity contribution in [2.75, 3.05) is 13.1 Å². The van der Waals surface area contributed by atoms with Crippen LogP contribution in [0.25, 0.3) is 0 Å². The number of halogens is 1. The zero-order valence-electron chi connectivity index (χ0n) is 13.7. The van der Waals surface area contributed by atoms with Crippen LogP contribution in [0.2, 0.25) is 0 Å². The Morgan fingerprint density at radius 3 is 2.62 bits per heavy atom. The van der Waals surface area contributed by atoms with Crippen LogP contribution in [0.4, 0.5) is 4.39 Å². The van der Waals surface area contributed by atoms with Gasteiger partial charge >= 0.3 is 0 Å². The lowest BCUT2D eigenvalue weighted by molar-refractivity contribution is 0.188. The van der Waals surface area contributed by atoms with E-state index in [0.717, 1.165) is 19.0 Å². The summed E-state index contributed by atoms with van der Waals surface area (Å²) < 4.78 is 13.4. The van der Waals surface area contributed by atoms with E-state index in [1.54, 1.807) is 0 Å². The Labute approximate surface area is 128 Å². The summed E-state index contributed by atoms with van der Waals surface area (Å²) in [4.78, 5) is 2.38. The van der Waals surface area contributed by atoms with Gasteiger partial charge in [0.25, 0.3) is 0 Å². The number of aromatic hydroxyl groups is 1. The number of phenolic OH excluding ortho intramolecular Hbond substituents is 1. The van der Waals surface area contributed by atoms with Crippen molar-refractivity contribution in [1.82, 2.24) is 4.90 Å². The molecule has 0 radical (unpaired) electrons. The van der Waals surface area contributed by atoms with Crippen LogP contribution in [0.15, 0.2) is 18.2 Å². The molecule has 1 fully saturated rings. The van der Waals surface area contributed by atoms with Crippen molar-refractivity contribution in [3.63, 3.8) is 0 Å². The smallest absolute Gasteiger partial charge is 0.123 e. The second-order valence-electron chi connectivity index (χ2n) is 7.41. The molecule has 2 rings (SSSR count). The molecule has 0 aliphatic carbocycles. The summed E-state index contributed by atoms with van der Waals surface area (Å²) >= 11 is 0. The van der Waals surface area contributed by atoms with Crippen molar-refractivity contribution < 1.29 is 9.50 Å². The van der Waals surface area contributed by atoms with E-state index < -0.39 is 0 Å². The molecule has 118 valence electrons. The van der Waals surface area contributed by atoms with Gasteiger partial charge in [-0.15, -0.1) is 0 Å². The minimum absolute atomic E-state index is 0.0550. The van der Waals surface area contributed by atoms with Crippen molar-refractivity contribution in [2.45, 2.75) is 53.0 Å². The summed E-state index contributed by atoms with van der Waals surface area (Å²) in [5, 5.41) is 9.99. The monoisotopic (exact) mass is 293 g/mol. The maximum Gasteiger partial charge on any atom is 0.123 e. The minimum Gasteiger partial charge on any atom is -0.508 e. The second kappa shape index (κ2) is 6.35. The Morgan fingerprint density at radius 1 is 1.24 bits per heavy atom. The molecule has 21 heavy (non-hydrogen) atoms. The van der Waals surface area contributed by atoms with E-state index in [-0.39, 0.29) is 17.6 Å². The lowest BCUT2D eigenvalue weighted by Crippen LogP contribution is -2.29. The van der Waals surface area contributed by atoms with Gasteiger partial charge in [-0.2, -0.15) is 0 Å². The van der Waals surface area contributed by atoms with Gasteiger partial charge < -0.3 is 5.11 Å². The van der Waals surface area contributed by atoms with Crippen molar-refractivity contribution in [2.24, 2.45) is 11.3 Å². The van der Waals surface area contributed by atoms with Crippen molar-refractivity contribution in [1.29, 1.82) is 0 Å². The van der Waals surface area contributed by atoms with Crippen LogP contribution >= 0.6 is 0 Å². The Kier molecular flexibility index (Phi) is 4.92. The van der Waals surface area contributed by atoms with Crippen molar-refractivity contribution in [3.8, 4) is 5.75 Å². The highest BCUT2D eigenvalue weighted by Gasteiger charge is 2.29. The molecule has 0 spiro atoms. The molecule has 1 N–H and O–H groups in total. The molecule has 1 aromatic carbocycles. The van der Waals surface area contributed by atoms with Gasteiger partial charge in [0.05, 0.1) is 0 Å². The third-order valence-electron chi connectivity index (χ3n) is 4.97. The predicted octanol–water partition coefficient (Wildman–Crippen LogP) is 4.74. The summed E-state index contributed by atoms with van der Waals surface area (Å²) in [5.74, 6) is 0.647. The predicted molar refractivity (Wildman–Crippen MR) is 84.8 cm³/mol.